The molecule has 0 unspecified atom stereocenters. The monoisotopic (exact) mass is 151 g/mol. The normalized spacial score (nSPS) is 13.0. The molecule has 0 aliphatic carbocycles. The maximum Gasteiger partial charge on any atom is 0.0624 e. The van der Waals surface area contributed by atoms with Gasteiger partial charge in [-0.05, 0) is 12.5 Å². The van der Waals surface area contributed by atoms with Crippen molar-refractivity contribution in [3.05, 3.63) is 35.4 Å². The minimum absolute atomic E-state index is 0.00304. The second-order valence-corrected chi connectivity index (χ2v) is 2.70. The zero-order chi connectivity index (χ0) is 8.27. The lowest BCUT2D eigenvalue weighted by Crippen LogP contribution is -2.14. The van der Waals surface area contributed by atoms with Crippen molar-refractivity contribution in [3.63, 3.8) is 0 Å². The molecule has 1 atom stereocenters. The Morgan fingerprint density at radius 2 is 1.91 bits per heavy atom. The van der Waals surface area contributed by atoms with E-state index in [1.807, 2.05) is 31.2 Å². The molecule has 0 saturated carbocycles. The summed E-state index contributed by atoms with van der Waals surface area (Å²) in [6, 6.07) is 7.62. The third-order valence-corrected chi connectivity index (χ3v) is 1.70. The fourth-order valence-electron chi connectivity index (χ4n) is 0.919. The summed E-state index contributed by atoms with van der Waals surface area (Å²) in [7, 11) is 0. The molecule has 11 heavy (non-hydrogen) atoms. The van der Waals surface area contributed by atoms with E-state index in [2.05, 4.69) is 0 Å². The highest BCUT2D eigenvalue weighted by atomic mass is 16.3. The molecule has 1 rings (SSSR count). The molecule has 0 saturated heterocycles. The summed E-state index contributed by atoms with van der Waals surface area (Å²) < 4.78 is 0. The average molecular weight is 151 g/mol. The molecule has 1 aromatic rings. The largest absolute Gasteiger partial charge is 0.394 e. The van der Waals surface area contributed by atoms with Gasteiger partial charge in [0.2, 0.25) is 0 Å². The number of rotatable bonds is 2. The predicted molar refractivity (Wildman–Crippen MR) is 45.2 cm³/mol. The quantitative estimate of drug-likeness (QED) is 0.662. The number of hydrogen-bond donors (Lipinski definition) is 2. The molecule has 0 radical (unpaired) electrons. The molecule has 0 amide bonds. The van der Waals surface area contributed by atoms with Gasteiger partial charge in [0.1, 0.15) is 0 Å². The molecule has 0 bridgehead atoms. The average Bonchev–Trinajstić information content (AvgIpc) is 2.05. The van der Waals surface area contributed by atoms with Gasteiger partial charge in [0, 0.05) is 0 Å². The van der Waals surface area contributed by atoms with E-state index in [4.69, 9.17) is 10.8 Å². The van der Waals surface area contributed by atoms with Gasteiger partial charge in [0.15, 0.2) is 0 Å². The van der Waals surface area contributed by atoms with E-state index >= 15 is 0 Å². The van der Waals surface area contributed by atoms with E-state index in [9.17, 15) is 0 Å². The van der Waals surface area contributed by atoms with E-state index < -0.39 is 0 Å². The molecule has 2 nitrogen and oxygen atoms in total. The van der Waals surface area contributed by atoms with Gasteiger partial charge in [0.05, 0.1) is 12.6 Å². The number of aliphatic hydroxyl groups is 1. The van der Waals surface area contributed by atoms with Crippen LogP contribution in [-0.2, 0) is 0 Å². The fraction of sp³-hybridized carbons (Fsp3) is 0.333. The van der Waals surface area contributed by atoms with Crippen LogP contribution in [0.3, 0.4) is 0 Å². The van der Waals surface area contributed by atoms with Crippen LogP contribution in [0.15, 0.2) is 24.3 Å². The van der Waals surface area contributed by atoms with E-state index in [1.54, 1.807) is 0 Å². The number of aryl methyl sites for hydroxylation is 1. The van der Waals surface area contributed by atoms with E-state index in [0.717, 1.165) is 5.56 Å². The van der Waals surface area contributed by atoms with Crippen molar-refractivity contribution >= 4 is 0 Å². The molecular weight excluding hydrogens is 138 g/mol. The van der Waals surface area contributed by atoms with Gasteiger partial charge in [-0.3, -0.25) is 0 Å². The Labute approximate surface area is 66.7 Å². The first kappa shape index (κ1) is 8.24. The van der Waals surface area contributed by atoms with Gasteiger partial charge < -0.3 is 10.8 Å². The number of nitrogens with two attached hydrogens (primary N) is 1. The Bertz CT molecular complexity index is 218. The smallest absolute Gasteiger partial charge is 0.0624 e. The molecule has 0 spiro atoms. The van der Waals surface area contributed by atoms with Crippen molar-refractivity contribution in [1.29, 1.82) is 0 Å². The van der Waals surface area contributed by atoms with Gasteiger partial charge in [-0.1, -0.05) is 29.8 Å². The van der Waals surface area contributed by atoms with Crippen molar-refractivity contribution in [1.82, 2.24) is 0 Å². The minimum atomic E-state index is -0.240. The Morgan fingerprint density at radius 1 is 1.36 bits per heavy atom. The standard InChI is InChI=1S/C9H13NO/c1-7-2-4-8(5-3-7)9(10)6-11/h2-5,9,11H,6,10H2,1H3/t9-/m0/s1. The maximum atomic E-state index is 8.73. The van der Waals surface area contributed by atoms with Crippen LogP contribution in [0.2, 0.25) is 0 Å². The summed E-state index contributed by atoms with van der Waals surface area (Å²) in [6.07, 6.45) is 0. The van der Waals surface area contributed by atoms with Crippen molar-refractivity contribution in [2.45, 2.75) is 13.0 Å². The molecule has 0 heterocycles. The van der Waals surface area contributed by atoms with E-state index in [1.165, 1.54) is 5.56 Å². The van der Waals surface area contributed by atoms with Gasteiger partial charge >= 0.3 is 0 Å². The Balaban J connectivity index is 2.81. The van der Waals surface area contributed by atoms with Gasteiger partial charge in [0.25, 0.3) is 0 Å². The molecule has 3 N–H and O–H groups in total. The number of benzene rings is 1. The first-order valence-electron chi connectivity index (χ1n) is 3.67. The second kappa shape index (κ2) is 3.51. The SMILES string of the molecule is Cc1ccc([C@@H](N)CO)cc1. The third kappa shape index (κ3) is 2.03. The molecule has 0 aliphatic heterocycles. The van der Waals surface area contributed by atoms with Gasteiger partial charge in [-0.2, -0.15) is 0 Å². The Hall–Kier alpha value is -0.860. The van der Waals surface area contributed by atoms with Crippen LogP contribution in [0.25, 0.3) is 0 Å². The first-order valence-corrected chi connectivity index (χ1v) is 3.67. The van der Waals surface area contributed by atoms with Crippen LogP contribution in [-0.4, -0.2) is 11.7 Å². The lowest BCUT2D eigenvalue weighted by molar-refractivity contribution is 0.268. The summed E-state index contributed by atoms with van der Waals surface area (Å²) >= 11 is 0. The van der Waals surface area contributed by atoms with Crippen molar-refractivity contribution < 1.29 is 5.11 Å². The van der Waals surface area contributed by atoms with E-state index in [0.29, 0.717) is 0 Å². The lowest BCUT2D eigenvalue weighted by atomic mass is 10.1. The van der Waals surface area contributed by atoms with Crippen LogP contribution < -0.4 is 5.73 Å². The van der Waals surface area contributed by atoms with Crippen LogP contribution in [0.5, 0.6) is 0 Å². The number of aliphatic hydroxyl groups excluding tert-OH is 1. The predicted octanol–water partition coefficient (Wildman–Crippen LogP) is 0.987. The van der Waals surface area contributed by atoms with Crippen molar-refractivity contribution in [2.75, 3.05) is 6.61 Å². The zero-order valence-corrected chi connectivity index (χ0v) is 6.62. The fourth-order valence-corrected chi connectivity index (χ4v) is 0.919. The lowest BCUT2D eigenvalue weighted by Gasteiger charge is -2.07. The van der Waals surface area contributed by atoms with Crippen LogP contribution in [0.1, 0.15) is 17.2 Å². The molecular formula is C9H13NO. The number of hydrogen-bond acceptors (Lipinski definition) is 2. The Morgan fingerprint density at radius 3 is 2.36 bits per heavy atom. The molecule has 60 valence electrons. The first-order chi connectivity index (χ1) is 5.24. The molecule has 2 heteroatoms. The summed E-state index contributed by atoms with van der Waals surface area (Å²) in [4.78, 5) is 0. The molecule has 0 fully saturated rings. The summed E-state index contributed by atoms with van der Waals surface area (Å²) in [5.41, 5.74) is 7.79. The molecule has 0 aliphatic rings. The van der Waals surface area contributed by atoms with Crippen LogP contribution in [0.4, 0.5) is 0 Å². The van der Waals surface area contributed by atoms with Crippen LogP contribution in [0, 0.1) is 6.92 Å². The highest BCUT2D eigenvalue weighted by molar-refractivity contribution is 5.23. The Kier molecular flexibility index (Phi) is 2.63. The van der Waals surface area contributed by atoms with Gasteiger partial charge in [-0.15, -0.1) is 0 Å². The summed E-state index contributed by atoms with van der Waals surface area (Å²) in [6.45, 7) is 2.03. The van der Waals surface area contributed by atoms with E-state index in [-0.39, 0.29) is 12.6 Å². The highest BCUT2D eigenvalue weighted by Crippen LogP contribution is 2.09. The van der Waals surface area contributed by atoms with Crippen LogP contribution >= 0.6 is 0 Å². The summed E-state index contributed by atoms with van der Waals surface area (Å²) in [5, 5.41) is 8.73. The maximum absolute atomic E-state index is 8.73. The third-order valence-electron chi connectivity index (χ3n) is 1.70. The van der Waals surface area contributed by atoms with Gasteiger partial charge in [-0.25, -0.2) is 0 Å². The molecule has 0 aromatic heterocycles. The second-order valence-electron chi connectivity index (χ2n) is 2.70. The summed E-state index contributed by atoms with van der Waals surface area (Å²) in [5.74, 6) is 0. The minimum Gasteiger partial charge on any atom is -0.394 e. The van der Waals surface area contributed by atoms with Crippen molar-refractivity contribution in [2.24, 2.45) is 5.73 Å². The zero-order valence-electron chi connectivity index (χ0n) is 6.62. The van der Waals surface area contributed by atoms with Crippen molar-refractivity contribution in [3.8, 4) is 0 Å². The topological polar surface area (TPSA) is 46.2 Å². The highest BCUT2D eigenvalue weighted by Gasteiger charge is 2.01. The molecule has 1 aromatic carbocycles.